The van der Waals surface area contributed by atoms with Crippen molar-refractivity contribution in [2.75, 3.05) is 20.8 Å². The third kappa shape index (κ3) is 4.47. The number of carbonyl (C=O) groups is 2. The highest BCUT2D eigenvalue weighted by atomic mass is 16.5. The lowest BCUT2D eigenvalue weighted by Crippen LogP contribution is -2.52. The molecule has 1 heterocycles. The molecule has 0 radical (unpaired) electrons. The molecule has 2 aromatic rings. The van der Waals surface area contributed by atoms with Gasteiger partial charge in [-0.3, -0.25) is 14.6 Å². The van der Waals surface area contributed by atoms with Gasteiger partial charge in [-0.25, -0.2) is 0 Å². The number of nitrogens with one attached hydrogen (secondary N) is 1. The number of hydrogen-bond donors (Lipinski definition) is 1. The number of hydrogen-bond acceptors (Lipinski definition) is 5. The molecule has 1 saturated carbocycles. The molecule has 4 rings (SSSR count). The number of aliphatic imine (C=N–C) groups is 1. The van der Waals surface area contributed by atoms with E-state index in [9.17, 15) is 9.59 Å². The Balaban J connectivity index is 1.50. The number of rotatable bonds is 7. The van der Waals surface area contributed by atoms with Gasteiger partial charge in [0.25, 0.3) is 5.91 Å². The van der Waals surface area contributed by atoms with Crippen LogP contribution in [0.25, 0.3) is 0 Å². The standard InChI is InChI=1S/C25H29N3O4/c1-31-20-11-9-19(10-12-20)23-24(30)28(25(27-23)13-4-3-5-14-25)17-22(29)26-16-18-7-6-8-21(15-18)32-2/h6-12,15H,3-5,13-14,16-17H2,1-2H3,(H,26,29). The zero-order chi connectivity index (χ0) is 22.6. The van der Waals surface area contributed by atoms with E-state index in [1.54, 1.807) is 19.1 Å². The van der Waals surface area contributed by atoms with Crippen molar-refractivity contribution >= 4 is 17.5 Å². The first-order valence-electron chi connectivity index (χ1n) is 11.0. The van der Waals surface area contributed by atoms with Crippen molar-refractivity contribution < 1.29 is 19.1 Å². The molecule has 7 heteroatoms. The van der Waals surface area contributed by atoms with Crippen LogP contribution < -0.4 is 14.8 Å². The van der Waals surface area contributed by atoms with E-state index in [1.807, 2.05) is 48.5 Å². The number of benzene rings is 2. The average Bonchev–Trinajstić information content (AvgIpc) is 3.09. The number of carbonyl (C=O) groups excluding carboxylic acids is 2. The van der Waals surface area contributed by atoms with Crippen molar-refractivity contribution in [3.63, 3.8) is 0 Å². The van der Waals surface area contributed by atoms with Crippen molar-refractivity contribution in [2.24, 2.45) is 4.99 Å². The van der Waals surface area contributed by atoms with Gasteiger partial charge in [-0.2, -0.15) is 0 Å². The second-order valence-electron chi connectivity index (χ2n) is 8.25. The lowest BCUT2D eigenvalue weighted by atomic mass is 9.88. The van der Waals surface area contributed by atoms with Crippen LogP contribution in [0.2, 0.25) is 0 Å². The highest BCUT2D eigenvalue weighted by Gasteiger charge is 2.48. The maximum atomic E-state index is 13.4. The minimum Gasteiger partial charge on any atom is -0.497 e. The SMILES string of the molecule is COc1ccc(C2=NC3(CCCCC3)N(CC(=O)NCc3cccc(OC)c3)C2=O)cc1. The van der Waals surface area contributed by atoms with E-state index < -0.39 is 5.66 Å². The van der Waals surface area contributed by atoms with E-state index in [4.69, 9.17) is 14.5 Å². The molecule has 1 N–H and O–H groups in total. The van der Waals surface area contributed by atoms with Crippen molar-refractivity contribution in [1.82, 2.24) is 10.2 Å². The largest absolute Gasteiger partial charge is 0.497 e. The Hall–Kier alpha value is -3.35. The van der Waals surface area contributed by atoms with Gasteiger partial charge in [0.15, 0.2) is 0 Å². The molecule has 7 nitrogen and oxygen atoms in total. The normalized spacial score (nSPS) is 17.2. The summed E-state index contributed by atoms with van der Waals surface area (Å²) in [6.45, 7) is 0.364. The second kappa shape index (κ2) is 9.42. The Bertz CT molecular complexity index is 1010. The molecule has 0 atom stereocenters. The molecule has 2 aliphatic rings. The Morgan fingerprint density at radius 3 is 2.44 bits per heavy atom. The van der Waals surface area contributed by atoms with Crippen molar-refractivity contribution in [3.05, 3.63) is 59.7 Å². The van der Waals surface area contributed by atoms with E-state index in [-0.39, 0.29) is 18.4 Å². The molecule has 0 aromatic heterocycles. The predicted octanol–water partition coefficient (Wildman–Crippen LogP) is 3.31. The van der Waals surface area contributed by atoms with Crippen molar-refractivity contribution in [1.29, 1.82) is 0 Å². The van der Waals surface area contributed by atoms with Crippen LogP contribution in [0.3, 0.4) is 0 Å². The fraction of sp³-hybridized carbons (Fsp3) is 0.400. The highest BCUT2D eigenvalue weighted by molar-refractivity contribution is 6.47. The lowest BCUT2D eigenvalue weighted by Gasteiger charge is -2.38. The van der Waals surface area contributed by atoms with Gasteiger partial charge < -0.3 is 19.7 Å². The van der Waals surface area contributed by atoms with Crippen LogP contribution in [-0.2, 0) is 16.1 Å². The molecule has 1 aliphatic carbocycles. The van der Waals surface area contributed by atoms with E-state index in [0.717, 1.165) is 54.7 Å². The number of methoxy groups -OCH3 is 2. The average molecular weight is 436 g/mol. The van der Waals surface area contributed by atoms with E-state index >= 15 is 0 Å². The van der Waals surface area contributed by atoms with Crippen molar-refractivity contribution in [3.8, 4) is 11.5 Å². The van der Waals surface area contributed by atoms with Crippen molar-refractivity contribution in [2.45, 2.75) is 44.3 Å². The first kappa shape index (κ1) is 21.9. The molecule has 1 aliphatic heterocycles. The van der Waals surface area contributed by atoms with Gasteiger partial charge in [-0.05, 0) is 67.6 Å². The highest BCUT2D eigenvalue weighted by Crippen LogP contribution is 2.39. The molecule has 168 valence electrons. The summed E-state index contributed by atoms with van der Waals surface area (Å²) in [5, 5.41) is 2.93. The van der Waals surface area contributed by atoms with E-state index in [2.05, 4.69) is 5.32 Å². The third-order valence-electron chi connectivity index (χ3n) is 6.21. The van der Waals surface area contributed by atoms with Gasteiger partial charge in [0, 0.05) is 12.1 Å². The lowest BCUT2D eigenvalue weighted by molar-refractivity contribution is -0.136. The van der Waals surface area contributed by atoms with Gasteiger partial charge in [0.1, 0.15) is 29.4 Å². The zero-order valence-corrected chi connectivity index (χ0v) is 18.6. The minimum absolute atomic E-state index is 0.00798. The Kier molecular flexibility index (Phi) is 6.44. The molecule has 0 saturated heterocycles. The molecule has 2 aromatic carbocycles. The summed E-state index contributed by atoms with van der Waals surface area (Å²) in [4.78, 5) is 32.8. The van der Waals surface area contributed by atoms with Gasteiger partial charge >= 0.3 is 0 Å². The maximum absolute atomic E-state index is 13.4. The fourth-order valence-corrected chi connectivity index (χ4v) is 4.47. The summed E-state index contributed by atoms with van der Waals surface area (Å²) in [7, 11) is 3.22. The number of ether oxygens (including phenoxy) is 2. The zero-order valence-electron chi connectivity index (χ0n) is 18.6. The topological polar surface area (TPSA) is 80.2 Å². The molecule has 0 bridgehead atoms. The Morgan fingerprint density at radius 2 is 1.75 bits per heavy atom. The van der Waals surface area contributed by atoms with E-state index in [1.165, 1.54) is 0 Å². The van der Waals surface area contributed by atoms with Gasteiger partial charge in [-0.1, -0.05) is 18.6 Å². The Morgan fingerprint density at radius 1 is 1.03 bits per heavy atom. The third-order valence-corrected chi connectivity index (χ3v) is 6.21. The molecular weight excluding hydrogens is 406 g/mol. The van der Waals surface area contributed by atoms with Crippen LogP contribution in [0.15, 0.2) is 53.5 Å². The molecule has 2 amide bonds. The second-order valence-corrected chi connectivity index (χ2v) is 8.25. The van der Waals surface area contributed by atoms with Gasteiger partial charge in [0.2, 0.25) is 5.91 Å². The first-order chi connectivity index (χ1) is 15.5. The fourth-order valence-electron chi connectivity index (χ4n) is 4.47. The molecule has 1 fully saturated rings. The molecule has 0 unspecified atom stereocenters. The molecule has 32 heavy (non-hydrogen) atoms. The summed E-state index contributed by atoms with van der Waals surface area (Å²) in [5.74, 6) is 1.08. The van der Waals surface area contributed by atoms with E-state index in [0.29, 0.717) is 12.3 Å². The summed E-state index contributed by atoms with van der Waals surface area (Å²) in [6, 6.07) is 14.9. The van der Waals surface area contributed by atoms with Crippen LogP contribution in [-0.4, -0.2) is 48.9 Å². The summed E-state index contributed by atoms with van der Waals surface area (Å²) in [5.41, 5.74) is 1.49. The van der Waals surface area contributed by atoms with Crippen LogP contribution in [0.1, 0.15) is 43.2 Å². The van der Waals surface area contributed by atoms with Crippen LogP contribution in [0.5, 0.6) is 11.5 Å². The predicted molar refractivity (Wildman–Crippen MR) is 122 cm³/mol. The minimum atomic E-state index is -0.627. The summed E-state index contributed by atoms with van der Waals surface area (Å²) in [6.07, 6.45) is 4.67. The number of nitrogens with zero attached hydrogens (tertiary/aromatic N) is 2. The monoisotopic (exact) mass is 435 g/mol. The number of amides is 2. The van der Waals surface area contributed by atoms with Crippen LogP contribution >= 0.6 is 0 Å². The molecular formula is C25H29N3O4. The maximum Gasteiger partial charge on any atom is 0.275 e. The first-order valence-corrected chi connectivity index (χ1v) is 11.0. The van der Waals surface area contributed by atoms with Crippen LogP contribution in [0.4, 0.5) is 0 Å². The smallest absolute Gasteiger partial charge is 0.275 e. The summed E-state index contributed by atoms with van der Waals surface area (Å²) >= 11 is 0. The quantitative estimate of drug-likeness (QED) is 0.724. The van der Waals surface area contributed by atoms with Gasteiger partial charge in [-0.15, -0.1) is 0 Å². The summed E-state index contributed by atoms with van der Waals surface area (Å²) < 4.78 is 10.5. The van der Waals surface area contributed by atoms with Gasteiger partial charge in [0.05, 0.1) is 14.2 Å². The Labute approximate surface area is 188 Å². The van der Waals surface area contributed by atoms with Crippen LogP contribution in [0, 0.1) is 0 Å². The molecule has 1 spiro atoms.